The van der Waals surface area contributed by atoms with E-state index >= 15 is 0 Å². The molecule has 0 bridgehead atoms. The van der Waals surface area contributed by atoms with Gasteiger partial charge >= 0.3 is 6.09 Å². The Hall–Kier alpha value is -4.71. The molecule has 1 fully saturated rings. The minimum atomic E-state index is -4.05. The number of alkyl carbamates (subject to hydrolysis) is 1. The number of carbonyl (C=O) groups is 1. The summed E-state index contributed by atoms with van der Waals surface area (Å²) < 4.78 is 54.0. The first-order chi connectivity index (χ1) is 27.5. The van der Waals surface area contributed by atoms with Crippen LogP contribution in [-0.2, 0) is 39.7 Å². The minimum absolute atomic E-state index is 0.143. The number of hydrogen-bond acceptors (Lipinski definition) is 8. The molecule has 1 spiro atoms. The number of amides is 1. The molecule has 12 heteroatoms. The predicted octanol–water partition coefficient (Wildman–Crippen LogP) is 8.55. The van der Waals surface area contributed by atoms with Crippen molar-refractivity contribution in [2.45, 2.75) is 68.5 Å². The van der Waals surface area contributed by atoms with Crippen LogP contribution in [0, 0.1) is 11.8 Å². The van der Waals surface area contributed by atoms with Gasteiger partial charge in [-0.05, 0) is 128 Å². The molecule has 3 aliphatic rings. The van der Waals surface area contributed by atoms with Crippen LogP contribution in [0.25, 0.3) is 0 Å². The Morgan fingerprint density at radius 2 is 1.68 bits per heavy atom. The number of nitrogens with one attached hydrogen (secondary N) is 1. The number of ether oxygens (including phenoxy) is 4. The highest BCUT2D eigenvalue weighted by Crippen LogP contribution is 2.47. The maximum Gasteiger partial charge on any atom is 0.407 e. The van der Waals surface area contributed by atoms with E-state index in [4.69, 9.17) is 30.5 Å². The first-order valence-electron chi connectivity index (χ1n) is 19.7. The highest BCUT2D eigenvalue weighted by Gasteiger charge is 2.45. The lowest BCUT2D eigenvalue weighted by Gasteiger charge is -2.46. The Balaban J connectivity index is 1.26. The van der Waals surface area contributed by atoms with E-state index in [1.165, 1.54) is 15.4 Å². The van der Waals surface area contributed by atoms with E-state index in [1.807, 2.05) is 60.7 Å². The fourth-order valence-corrected chi connectivity index (χ4v) is 10.4. The number of aryl methyl sites for hydroxylation is 1. The minimum Gasteiger partial charge on any atom is -0.497 e. The third kappa shape index (κ3) is 8.76. The van der Waals surface area contributed by atoms with Crippen LogP contribution >= 0.6 is 11.6 Å². The summed E-state index contributed by atoms with van der Waals surface area (Å²) in [6.45, 7) is 8.14. The molecule has 0 radical (unpaired) electrons. The summed E-state index contributed by atoms with van der Waals surface area (Å²) in [6, 6.07) is 26.1. The average Bonchev–Trinajstić information content (AvgIpc) is 3.36. The number of halogens is 1. The number of nitrogens with zero attached hydrogens (tertiary/aromatic N) is 2. The van der Waals surface area contributed by atoms with Crippen molar-refractivity contribution in [1.82, 2.24) is 9.62 Å². The Bertz CT molecular complexity index is 2120. The fraction of sp³-hybridized carbons (Fsp3) is 0.400. The number of hydrogen-bond donors (Lipinski definition) is 1. The van der Waals surface area contributed by atoms with Crippen molar-refractivity contribution in [3.63, 3.8) is 0 Å². The number of anilines is 1. The molecular formula is C45H52ClN3O7S. The molecule has 0 aromatic heterocycles. The van der Waals surface area contributed by atoms with Gasteiger partial charge in [0.2, 0.25) is 10.0 Å². The molecule has 1 N–H and O–H groups in total. The van der Waals surface area contributed by atoms with Gasteiger partial charge in [0.15, 0.2) is 0 Å². The molecule has 1 aliphatic heterocycles. The van der Waals surface area contributed by atoms with Crippen molar-refractivity contribution in [3.05, 3.63) is 125 Å². The van der Waals surface area contributed by atoms with Gasteiger partial charge in [0.1, 0.15) is 17.2 Å². The molecule has 1 unspecified atom stereocenters. The van der Waals surface area contributed by atoms with Crippen molar-refractivity contribution in [3.8, 4) is 17.2 Å². The Labute approximate surface area is 341 Å². The van der Waals surface area contributed by atoms with Crippen molar-refractivity contribution in [2.75, 3.05) is 45.4 Å². The molecular weight excluding hydrogens is 762 g/mol. The summed E-state index contributed by atoms with van der Waals surface area (Å²) in [5.41, 5.74) is 4.51. The second kappa shape index (κ2) is 17.4. The second-order valence-electron chi connectivity index (χ2n) is 15.3. The van der Waals surface area contributed by atoms with Crippen LogP contribution < -0.4 is 24.4 Å². The predicted molar refractivity (Wildman–Crippen MR) is 223 cm³/mol. The molecule has 2 aliphatic carbocycles. The number of rotatable bonds is 14. The lowest BCUT2D eigenvalue weighted by molar-refractivity contribution is 0.119. The van der Waals surface area contributed by atoms with Crippen molar-refractivity contribution < 1.29 is 32.2 Å². The lowest BCUT2D eigenvalue weighted by Crippen LogP contribution is -2.52. The van der Waals surface area contributed by atoms with Gasteiger partial charge in [-0.25, -0.2) is 13.2 Å². The molecule has 1 heterocycles. The van der Waals surface area contributed by atoms with Gasteiger partial charge in [0.05, 0.1) is 44.1 Å². The summed E-state index contributed by atoms with van der Waals surface area (Å²) in [7, 11) is -0.841. The average molecular weight is 814 g/mol. The molecule has 10 nitrogen and oxygen atoms in total. The Morgan fingerprint density at radius 3 is 2.28 bits per heavy atom. The quantitative estimate of drug-likeness (QED) is 0.126. The zero-order valence-electron chi connectivity index (χ0n) is 32.9. The number of carbonyl (C=O) groups excluding carboxylic acids is 1. The van der Waals surface area contributed by atoms with E-state index in [0.29, 0.717) is 42.0 Å². The SMILES string of the molecule is C=CC(NC(=O)OCC)[C@@H]1CC[C@H]1CN1C[C@@]2(CCCc3cc(Cl)ccc32)COc2ccc(S(=O)(=O)N(Cc3ccc(OC)cc3)Cc3ccc(OC)cc3)cc21. The zero-order chi connectivity index (χ0) is 40.2. The van der Waals surface area contributed by atoms with Crippen LogP contribution in [0.1, 0.15) is 54.9 Å². The van der Waals surface area contributed by atoms with Crippen molar-refractivity contribution in [2.24, 2.45) is 11.8 Å². The smallest absolute Gasteiger partial charge is 0.407 e. The van der Waals surface area contributed by atoms with E-state index in [0.717, 1.165) is 48.9 Å². The Morgan fingerprint density at radius 1 is 1.00 bits per heavy atom. The van der Waals surface area contributed by atoms with Gasteiger partial charge in [-0.1, -0.05) is 48.0 Å². The number of sulfonamides is 1. The van der Waals surface area contributed by atoms with Crippen LogP contribution in [0.3, 0.4) is 0 Å². The summed E-state index contributed by atoms with van der Waals surface area (Å²) in [4.78, 5) is 15.0. The van der Waals surface area contributed by atoms with E-state index in [9.17, 15) is 13.2 Å². The zero-order valence-corrected chi connectivity index (χ0v) is 34.5. The van der Waals surface area contributed by atoms with Crippen LogP contribution in [0.4, 0.5) is 10.5 Å². The third-order valence-corrected chi connectivity index (χ3v) is 13.9. The standard InChI is InChI=1S/C45H52ClN3O7S/c1-5-41(47-44(50)55-6-2)39-20-13-34(39)28-48-29-45(23-7-8-33-24-35(46)14-21-40(33)45)30-56-43-22-19-38(25-42(43)48)57(51,52)49(26-31-9-15-36(53-3)16-10-31)27-32-11-17-37(54-4)18-12-32/h5,9-12,14-19,21-22,24-25,34,39,41H,1,6-8,13,20,23,26-30H2,2-4H3,(H,47,50)/t34-,39+,41?,45-/m0/s1. The fourth-order valence-electron chi connectivity index (χ4n) is 8.73. The van der Waals surface area contributed by atoms with Gasteiger partial charge in [-0.15, -0.1) is 6.58 Å². The number of methoxy groups -OCH3 is 2. The molecule has 4 aromatic rings. The van der Waals surface area contributed by atoms with Gasteiger partial charge in [-0.2, -0.15) is 4.31 Å². The molecule has 1 amide bonds. The first-order valence-corrected chi connectivity index (χ1v) is 21.5. The normalized spacial score (nSPS) is 20.6. The maximum absolute atomic E-state index is 14.9. The highest BCUT2D eigenvalue weighted by atomic mass is 35.5. The van der Waals surface area contributed by atoms with Crippen molar-refractivity contribution >= 4 is 33.4 Å². The summed E-state index contributed by atoms with van der Waals surface area (Å²) in [5.74, 6) is 2.38. The highest BCUT2D eigenvalue weighted by molar-refractivity contribution is 7.89. The lowest BCUT2D eigenvalue weighted by atomic mass is 9.68. The van der Waals surface area contributed by atoms with Crippen LogP contribution in [-0.4, -0.2) is 65.4 Å². The molecule has 302 valence electrons. The molecule has 0 saturated heterocycles. The molecule has 57 heavy (non-hydrogen) atoms. The molecule has 4 aromatic carbocycles. The van der Waals surface area contributed by atoms with Gasteiger partial charge in [-0.3, -0.25) is 0 Å². The van der Waals surface area contributed by atoms with E-state index in [2.05, 4.69) is 28.9 Å². The summed E-state index contributed by atoms with van der Waals surface area (Å²) in [6.07, 6.45) is 6.07. The van der Waals surface area contributed by atoms with E-state index in [-0.39, 0.29) is 47.9 Å². The largest absolute Gasteiger partial charge is 0.497 e. The van der Waals surface area contributed by atoms with Gasteiger partial charge < -0.3 is 29.2 Å². The Kier molecular flexibility index (Phi) is 12.4. The first kappa shape index (κ1) is 40.5. The summed E-state index contributed by atoms with van der Waals surface area (Å²) >= 11 is 6.50. The van der Waals surface area contributed by atoms with Gasteiger partial charge in [0.25, 0.3) is 0 Å². The van der Waals surface area contributed by atoms with Crippen molar-refractivity contribution in [1.29, 1.82) is 0 Å². The number of benzene rings is 4. The van der Waals surface area contributed by atoms with E-state index in [1.54, 1.807) is 39.4 Å². The molecule has 4 atom stereocenters. The van der Waals surface area contributed by atoms with Gasteiger partial charge in [0, 0.05) is 36.6 Å². The topological polar surface area (TPSA) is 107 Å². The monoisotopic (exact) mass is 813 g/mol. The van der Waals surface area contributed by atoms with Crippen LogP contribution in [0.5, 0.6) is 17.2 Å². The molecule has 7 rings (SSSR count). The second-order valence-corrected chi connectivity index (χ2v) is 17.7. The van der Waals surface area contributed by atoms with Crippen LogP contribution in [0.2, 0.25) is 5.02 Å². The molecule has 1 saturated carbocycles. The van der Waals surface area contributed by atoms with E-state index < -0.39 is 16.1 Å². The number of fused-ring (bicyclic) bond motifs is 3. The third-order valence-electron chi connectivity index (χ3n) is 11.9. The van der Waals surface area contributed by atoms with Crippen LogP contribution in [0.15, 0.2) is 102 Å². The summed E-state index contributed by atoms with van der Waals surface area (Å²) in [5, 5.41) is 3.72. The maximum atomic E-state index is 14.9.